The summed E-state index contributed by atoms with van der Waals surface area (Å²) in [5, 5.41) is 38.5. The highest BCUT2D eigenvalue weighted by molar-refractivity contribution is 5.79. The largest absolute Gasteiger partial charge is 0.481 e. The van der Waals surface area contributed by atoms with Gasteiger partial charge in [0.05, 0.1) is 6.21 Å². The van der Waals surface area contributed by atoms with Gasteiger partial charge in [-0.25, -0.2) is 4.39 Å². The first-order valence-corrected chi connectivity index (χ1v) is 10.5. The lowest BCUT2D eigenvalue weighted by molar-refractivity contribution is -0.141. The standard InChI is InChI=1S/C21H29FN4O8/c22-15-6-4-14(5-7-15)11-26-34-12-18(27)23-10-2-1-3-16(20(30)31)24-13-25-17(21(32)33)8-9-19(28)29/h4-7,11,16-17,24-25H,1-3,8-10,12-13H2,(H,23,27)(H,28,29)(H,30,31)(H,32,33). The monoisotopic (exact) mass is 484 g/mol. The van der Waals surface area contributed by atoms with E-state index in [1.54, 1.807) is 0 Å². The zero-order chi connectivity index (χ0) is 25.3. The fourth-order valence-corrected chi connectivity index (χ4v) is 2.69. The molecule has 0 bridgehead atoms. The van der Waals surface area contributed by atoms with Crippen LogP contribution in [0.3, 0.4) is 0 Å². The Morgan fingerprint density at radius 1 is 0.971 bits per heavy atom. The van der Waals surface area contributed by atoms with Crippen LogP contribution in [0.15, 0.2) is 29.4 Å². The average molecular weight is 484 g/mol. The Morgan fingerprint density at radius 3 is 2.18 bits per heavy atom. The minimum Gasteiger partial charge on any atom is -0.481 e. The predicted molar refractivity (Wildman–Crippen MR) is 118 cm³/mol. The van der Waals surface area contributed by atoms with E-state index in [0.717, 1.165) is 0 Å². The number of carboxylic acid groups (broad SMARTS) is 3. The molecule has 0 aliphatic heterocycles. The average Bonchev–Trinajstić information content (AvgIpc) is 2.77. The lowest BCUT2D eigenvalue weighted by Crippen LogP contribution is -2.47. The highest BCUT2D eigenvalue weighted by Gasteiger charge is 2.20. The summed E-state index contributed by atoms with van der Waals surface area (Å²) in [6.07, 6.45) is 2.08. The van der Waals surface area contributed by atoms with E-state index in [0.29, 0.717) is 24.9 Å². The minimum absolute atomic E-state index is 0.125. The molecule has 1 aromatic carbocycles. The molecular weight excluding hydrogens is 455 g/mol. The number of hydrogen-bond donors (Lipinski definition) is 6. The van der Waals surface area contributed by atoms with E-state index in [-0.39, 0.29) is 38.4 Å². The van der Waals surface area contributed by atoms with Crippen molar-refractivity contribution in [3.63, 3.8) is 0 Å². The summed E-state index contributed by atoms with van der Waals surface area (Å²) >= 11 is 0. The van der Waals surface area contributed by atoms with Crippen molar-refractivity contribution in [3.8, 4) is 0 Å². The van der Waals surface area contributed by atoms with E-state index in [1.165, 1.54) is 30.5 Å². The maximum absolute atomic E-state index is 12.8. The van der Waals surface area contributed by atoms with Gasteiger partial charge in [0.1, 0.15) is 17.9 Å². The molecule has 1 aromatic rings. The van der Waals surface area contributed by atoms with Crippen molar-refractivity contribution >= 4 is 30.0 Å². The number of nitrogens with zero attached hydrogens (tertiary/aromatic N) is 1. The van der Waals surface area contributed by atoms with Crippen molar-refractivity contribution in [1.82, 2.24) is 16.0 Å². The Labute approximate surface area is 195 Å². The Morgan fingerprint density at radius 2 is 1.59 bits per heavy atom. The fraction of sp³-hybridized carbons (Fsp3) is 0.476. The third-order valence-corrected chi connectivity index (χ3v) is 4.52. The number of unbranched alkanes of at least 4 members (excludes halogenated alkanes) is 1. The molecule has 1 amide bonds. The van der Waals surface area contributed by atoms with Crippen LogP contribution in [-0.2, 0) is 24.0 Å². The third kappa shape index (κ3) is 13.1. The molecule has 0 spiro atoms. The fourth-order valence-electron chi connectivity index (χ4n) is 2.69. The highest BCUT2D eigenvalue weighted by Crippen LogP contribution is 2.02. The quantitative estimate of drug-likeness (QED) is 0.0735. The van der Waals surface area contributed by atoms with Crippen LogP contribution in [0.4, 0.5) is 4.39 Å². The number of aliphatic carboxylic acids is 3. The highest BCUT2D eigenvalue weighted by atomic mass is 19.1. The van der Waals surface area contributed by atoms with Crippen LogP contribution in [0.25, 0.3) is 0 Å². The second-order valence-corrected chi connectivity index (χ2v) is 7.20. The number of halogens is 1. The van der Waals surface area contributed by atoms with Gasteiger partial charge in [0.25, 0.3) is 5.91 Å². The lowest BCUT2D eigenvalue weighted by Gasteiger charge is -2.18. The van der Waals surface area contributed by atoms with Crippen molar-refractivity contribution in [1.29, 1.82) is 0 Å². The van der Waals surface area contributed by atoms with Crippen LogP contribution in [0, 0.1) is 5.82 Å². The van der Waals surface area contributed by atoms with E-state index in [9.17, 15) is 28.7 Å². The molecule has 188 valence electrons. The number of rotatable bonds is 18. The number of benzene rings is 1. The SMILES string of the molecule is O=C(O)CCC(NCNC(CCCCNC(=O)CON=Cc1ccc(F)cc1)C(=O)O)C(=O)O. The molecule has 0 saturated heterocycles. The first kappa shape index (κ1) is 28.5. The lowest BCUT2D eigenvalue weighted by atomic mass is 10.1. The molecule has 0 saturated carbocycles. The molecular formula is C21H29FN4O8. The summed E-state index contributed by atoms with van der Waals surface area (Å²) < 4.78 is 12.8. The number of amides is 1. The van der Waals surface area contributed by atoms with Gasteiger partial charge in [-0.2, -0.15) is 0 Å². The Kier molecular flexibility index (Phi) is 13.5. The van der Waals surface area contributed by atoms with E-state index in [1.807, 2.05) is 0 Å². The Hall–Kier alpha value is -3.58. The molecule has 12 nitrogen and oxygen atoms in total. The summed E-state index contributed by atoms with van der Waals surface area (Å²) in [5.41, 5.74) is 0.609. The van der Waals surface area contributed by atoms with Crippen LogP contribution in [0.1, 0.15) is 37.7 Å². The smallest absolute Gasteiger partial charge is 0.320 e. The number of carbonyl (C=O) groups excluding carboxylic acids is 1. The first-order valence-electron chi connectivity index (χ1n) is 10.5. The van der Waals surface area contributed by atoms with Gasteiger partial charge in [-0.15, -0.1) is 0 Å². The van der Waals surface area contributed by atoms with Gasteiger partial charge < -0.3 is 25.5 Å². The Balaban J connectivity index is 2.20. The van der Waals surface area contributed by atoms with Crippen LogP contribution < -0.4 is 16.0 Å². The first-order chi connectivity index (χ1) is 16.2. The normalized spacial score (nSPS) is 12.7. The number of hydrogen-bond acceptors (Lipinski definition) is 8. The maximum atomic E-state index is 12.8. The minimum atomic E-state index is -1.23. The molecule has 6 N–H and O–H groups in total. The van der Waals surface area contributed by atoms with Gasteiger partial charge in [-0.3, -0.25) is 29.8 Å². The molecule has 0 heterocycles. The molecule has 1 rings (SSSR count). The molecule has 2 unspecified atom stereocenters. The molecule has 0 aromatic heterocycles. The van der Waals surface area contributed by atoms with E-state index < -0.39 is 35.9 Å². The third-order valence-electron chi connectivity index (χ3n) is 4.52. The Bertz CT molecular complexity index is 835. The van der Waals surface area contributed by atoms with Gasteiger partial charge >= 0.3 is 17.9 Å². The van der Waals surface area contributed by atoms with Crippen LogP contribution >= 0.6 is 0 Å². The van der Waals surface area contributed by atoms with Gasteiger partial charge in [0.2, 0.25) is 0 Å². The van der Waals surface area contributed by atoms with Crippen molar-refractivity contribution in [2.75, 3.05) is 19.8 Å². The second-order valence-electron chi connectivity index (χ2n) is 7.20. The number of nitrogens with one attached hydrogen (secondary N) is 3. The van der Waals surface area contributed by atoms with Crippen molar-refractivity contribution in [2.24, 2.45) is 5.16 Å². The van der Waals surface area contributed by atoms with Crippen LogP contribution in [-0.4, -0.2) is 77.3 Å². The summed E-state index contributed by atoms with van der Waals surface area (Å²) in [6, 6.07) is 3.48. The van der Waals surface area contributed by atoms with Crippen LogP contribution in [0.2, 0.25) is 0 Å². The molecule has 0 aliphatic carbocycles. The van der Waals surface area contributed by atoms with E-state index in [2.05, 4.69) is 21.1 Å². The second kappa shape index (κ2) is 16.1. The summed E-state index contributed by atoms with van der Waals surface area (Å²) in [7, 11) is 0. The topological polar surface area (TPSA) is 187 Å². The number of carbonyl (C=O) groups is 4. The zero-order valence-corrected chi connectivity index (χ0v) is 18.4. The predicted octanol–water partition coefficient (Wildman–Crippen LogP) is 0.371. The summed E-state index contributed by atoms with van der Waals surface area (Å²) in [5.74, 6) is -4.25. The van der Waals surface area contributed by atoms with Crippen molar-refractivity contribution < 1.29 is 43.7 Å². The summed E-state index contributed by atoms with van der Waals surface area (Å²) in [4.78, 5) is 49.6. The van der Waals surface area contributed by atoms with Gasteiger partial charge in [0.15, 0.2) is 6.61 Å². The summed E-state index contributed by atoms with van der Waals surface area (Å²) in [6.45, 7) is -0.139. The van der Waals surface area contributed by atoms with Gasteiger partial charge in [-0.1, -0.05) is 17.3 Å². The molecule has 0 aliphatic rings. The van der Waals surface area contributed by atoms with Crippen LogP contribution in [0.5, 0.6) is 0 Å². The van der Waals surface area contributed by atoms with Gasteiger partial charge in [-0.05, 0) is 43.4 Å². The van der Waals surface area contributed by atoms with E-state index >= 15 is 0 Å². The molecule has 0 fully saturated rings. The van der Waals surface area contributed by atoms with Crippen molar-refractivity contribution in [2.45, 2.75) is 44.2 Å². The number of oxime groups is 1. The molecule has 13 heteroatoms. The van der Waals surface area contributed by atoms with Crippen molar-refractivity contribution in [3.05, 3.63) is 35.6 Å². The molecule has 2 atom stereocenters. The zero-order valence-electron chi connectivity index (χ0n) is 18.4. The van der Waals surface area contributed by atoms with Gasteiger partial charge in [0, 0.05) is 19.6 Å². The molecule has 34 heavy (non-hydrogen) atoms. The maximum Gasteiger partial charge on any atom is 0.320 e. The number of carboxylic acids is 3. The van der Waals surface area contributed by atoms with E-state index in [4.69, 9.17) is 15.1 Å². The molecule has 0 radical (unpaired) electrons.